The molecular formula is C22H22N2O2. The van der Waals surface area contributed by atoms with Crippen LogP contribution in [0, 0.1) is 6.92 Å². The smallest absolute Gasteiger partial charge is 0.248 e. The molecule has 4 nitrogen and oxygen atoms in total. The predicted octanol–water partition coefficient (Wildman–Crippen LogP) is 4.02. The summed E-state index contributed by atoms with van der Waals surface area (Å²) in [5, 5.41) is 0. The molecule has 0 saturated heterocycles. The highest BCUT2D eigenvalue weighted by Gasteiger charge is 2.25. The second-order valence-corrected chi connectivity index (χ2v) is 6.39. The van der Waals surface area contributed by atoms with Crippen molar-refractivity contribution in [2.24, 2.45) is 0 Å². The number of carbonyl (C=O) groups is 1. The van der Waals surface area contributed by atoms with Crippen LogP contribution in [0.15, 0.2) is 77.6 Å². The highest BCUT2D eigenvalue weighted by molar-refractivity contribution is 5.97. The summed E-state index contributed by atoms with van der Waals surface area (Å²) >= 11 is 0. The SMILES string of the molecule is Cc1ccc(=O)[nH]c1C(C)C(=O)N(Cc1ccccc1)c1ccccc1. The third-order valence-corrected chi connectivity index (χ3v) is 4.49. The molecule has 1 unspecified atom stereocenters. The van der Waals surface area contributed by atoms with Gasteiger partial charge in [-0.05, 0) is 37.1 Å². The van der Waals surface area contributed by atoms with Crippen LogP contribution in [0.25, 0.3) is 0 Å². The van der Waals surface area contributed by atoms with Gasteiger partial charge >= 0.3 is 0 Å². The number of amides is 1. The fourth-order valence-electron chi connectivity index (χ4n) is 3.04. The quantitative estimate of drug-likeness (QED) is 0.758. The van der Waals surface area contributed by atoms with Crippen molar-refractivity contribution in [1.82, 2.24) is 4.98 Å². The molecule has 0 fully saturated rings. The van der Waals surface area contributed by atoms with Crippen LogP contribution in [-0.4, -0.2) is 10.9 Å². The topological polar surface area (TPSA) is 53.2 Å². The van der Waals surface area contributed by atoms with E-state index >= 15 is 0 Å². The van der Waals surface area contributed by atoms with E-state index in [-0.39, 0.29) is 11.5 Å². The lowest BCUT2D eigenvalue weighted by atomic mass is 10.0. The molecule has 0 spiro atoms. The van der Waals surface area contributed by atoms with Gasteiger partial charge in [-0.25, -0.2) is 0 Å². The van der Waals surface area contributed by atoms with Crippen molar-refractivity contribution < 1.29 is 4.79 Å². The molecule has 1 heterocycles. The van der Waals surface area contributed by atoms with Gasteiger partial charge in [0.2, 0.25) is 11.5 Å². The first-order valence-corrected chi connectivity index (χ1v) is 8.66. The number of pyridine rings is 1. The van der Waals surface area contributed by atoms with E-state index in [9.17, 15) is 9.59 Å². The molecule has 1 N–H and O–H groups in total. The molecule has 0 aliphatic rings. The maximum absolute atomic E-state index is 13.3. The molecule has 0 aliphatic carbocycles. The van der Waals surface area contributed by atoms with Gasteiger partial charge in [-0.1, -0.05) is 54.6 Å². The van der Waals surface area contributed by atoms with Gasteiger partial charge in [0, 0.05) is 17.4 Å². The maximum Gasteiger partial charge on any atom is 0.248 e. The molecule has 0 radical (unpaired) electrons. The van der Waals surface area contributed by atoms with Crippen LogP contribution in [0.3, 0.4) is 0 Å². The Bertz CT molecular complexity index is 933. The molecule has 0 aliphatic heterocycles. The zero-order chi connectivity index (χ0) is 18.5. The van der Waals surface area contributed by atoms with Crippen molar-refractivity contribution in [3.05, 3.63) is 100.0 Å². The summed E-state index contributed by atoms with van der Waals surface area (Å²) < 4.78 is 0. The highest BCUT2D eigenvalue weighted by Crippen LogP contribution is 2.24. The average molecular weight is 346 g/mol. The van der Waals surface area contributed by atoms with E-state index in [1.54, 1.807) is 11.0 Å². The summed E-state index contributed by atoms with van der Waals surface area (Å²) in [5.41, 5.74) is 3.26. The van der Waals surface area contributed by atoms with Gasteiger partial charge in [0.05, 0.1) is 12.5 Å². The van der Waals surface area contributed by atoms with E-state index in [0.717, 1.165) is 16.8 Å². The summed E-state index contributed by atoms with van der Waals surface area (Å²) in [4.78, 5) is 29.6. The van der Waals surface area contributed by atoms with E-state index in [2.05, 4.69) is 4.98 Å². The fourth-order valence-corrected chi connectivity index (χ4v) is 3.04. The van der Waals surface area contributed by atoms with Crippen molar-refractivity contribution >= 4 is 11.6 Å². The first-order chi connectivity index (χ1) is 12.6. The molecule has 1 amide bonds. The van der Waals surface area contributed by atoms with Gasteiger partial charge in [-0.15, -0.1) is 0 Å². The zero-order valence-corrected chi connectivity index (χ0v) is 15.0. The number of H-pyrrole nitrogens is 1. The Balaban J connectivity index is 1.96. The molecule has 0 saturated carbocycles. The third-order valence-electron chi connectivity index (χ3n) is 4.49. The average Bonchev–Trinajstić information content (AvgIpc) is 2.68. The molecular weight excluding hydrogens is 324 g/mol. The Morgan fingerprint density at radius 1 is 0.962 bits per heavy atom. The number of hydrogen-bond acceptors (Lipinski definition) is 2. The largest absolute Gasteiger partial charge is 0.325 e. The Labute approximate surface area is 153 Å². The van der Waals surface area contributed by atoms with Gasteiger partial charge in [-0.3, -0.25) is 9.59 Å². The van der Waals surface area contributed by atoms with Gasteiger partial charge in [0.15, 0.2) is 0 Å². The van der Waals surface area contributed by atoms with E-state index in [1.165, 1.54) is 6.07 Å². The minimum atomic E-state index is -0.451. The molecule has 132 valence electrons. The number of nitrogens with zero attached hydrogens (tertiary/aromatic N) is 1. The van der Waals surface area contributed by atoms with E-state index in [4.69, 9.17) is 0 Å². The van der Waals surface area contributed by atoms with Gasteiger partial charge in [0.25, 0.3) is 0 Å². The molecule has 3 aromatic rings. The molecule has 0 bridgehead atoms. The Hall–Kier alpha value is -3.14. The first kappa shape index (κ1) is 17.7. The summed E-state index contributed by atoms with van der Waals surface area (Å²) in [6.45, 7) is 4.21. The first-order valence-electron chi connectivity index (χ1n) is 8.66. The number of aryl methyl sites for hydroxylation is 1. The van der Waals surface area contributed by atoms with Crippen LogP contribution >= 0.6 is 0 Å². The van der Waals surface area contributed by atoms with Crippen LogP contribution in [-0.2, 0) is 11.3 Å². The van der Waals surface area contributed by atoms with Gasteiger partial charge in [-0.2, -0.15) is 0 Å². The lowest BCUT2D eigenvalue weighted by Crippen LogP contribution is -2.35. The van der Waals surface area contributed by atoms with Crippen molar-refractivity contribution in [2.75, 3.05) is 4.90 Å². The Morgan fingerprint density at radius 2 is 1.58 bits per heavy atom. The Morgan fingerprint density at radius 3 is 2.23 bits per heavy atom. The lowest BCUT2D eigenvalue weighted by Gasteiger charge is -2.26. The zero-order valence-electron chi connectivity index (χ0n) is 15.0. The summed E-state index contributed by atoms with van der Waals surface area (Å²) in [6.07, 6.45) is 0. The number of benzene rings is 2. The van der Waals surface area contributed by atoms with Crippen LogP contribution in [0.5, 0.6) is 0 Å². The van der Waals surface area contributed by atoms with Gasteiger partial charge in [0.1, 0.15) is 0 Å². The second-order valence-electron chi connectivity index (χ2n) is 6.39. The number of hydrogen-bond donors (Lipinski definition) is 1. The number of aromatic nitrogens is 1. The minimum absolute atomic E-state index is 0.0509. The molecule has 1 aromatic heterocycles. The molecule has 3 rings (SSSR count). The molecule has 1 atom stereocenters. The third kappa shape index (κ3) is 3.91. The highest BCUT2D eigenvalue weighted by atomic mass is 16.2. The lowest BCUT2D eigenvalue weighted by molar-refractivity contribution is -0.119. The number of nitrogens with one attached hydrogen (secondary N) is 1. The standard InChI is InChI=1S/C22H22N2O2/c1-16-13-14-20(25)23-21(16)17(2)22(26)24(19-11-7-4-8-12-19)15-18-9-5-3-6-10-18/h3-14,17H,15H2,1-2H3,(H,23,25). The van der Waals surface area contributed by atoms with Crippen molar-refractivity contribution in [3.8, 4) is 0 Å². The molecule has 26 heavy (non-hydrogen) atoms. The monoisotopic (exact) mass is 346 g/mol. The summed E-state index contributed by atoms with van der Waals surface area (Å²) in [6, 6.07) is 22.7. The van der Waals surface area contributed by atoms with Crippen LogP contribution < -0.4 is 10.5 Å². The summed E-state index contributed by atoms with van der Waals surface area (Å²) in [5.74, 6) is -0.502. The normalized spacial score (nSPS) is 11.8. The van der Waals surface area contributed by atoms with Crippen LogP contribution in [0.2, 0.25) is 0 Å². The maximum atomic E-state index is 13.3. The van der Waals surface area contributed by atoms with Gasteiger partial charge < -0.3 is 9.88 Å². The Kier molecular flexibility index (Phi) is 5.32. The van der Waals surface area contributed by atoms with E-state index in [0.29, 0.717) is 12.2 Å². The van der Waals surface area contributed by atoms with Crippen molar-refractivity contribution in [2.45, 2.75) is 26.3 Å². The van der Waals surface area contributed by atoms with E-state index in [1.807, 2.05) is 74.5 Å². The summed E-state index contributed by atoms with van der Waals surface area (Å²) in [7, 11) is 0. The second kappa shape index (κ2) is 7.83. The fraction of sp³-hybridized carbons (Fsp3) is 0.182. The van der Waals surface area contributed by atoms with Crippen LogP contribution in [0.4, 0.5) is 5.69 Å². The number of rotatable bonds is 5. The van der Waals surface area contributed by atoms with E-state index < -0.39 is 5.92 Å². The number of carbonyl (C=O) groups excluding carboxylic acids is 1. The molecule has 2 aromatic carbocycles. The number of anilines is 1. The van der Waals surface area contributed by atoms with Crippen LogP contribution in [0.1, 0.15) is 29.7 Å². The van der Waals surface area contributed by atoms with Crippen molar-refractivity contribution in [1.29, 1.82) is 0 Å². The number of para-hydroxylation sites is 1. The number of aromatic amines is 1. The minimum Gasteiger partial charge on any atom is -0.325 e. The molecule has 4 heteroatoms. The van der Waals surface area contributed by atoms with Crippen molar-refractivity contribution in [3.63, 3.8) is 0 Å². The predicted molar refractivity (Wildman–Crippen MR) is 104 cm³/mol.